The van der Waals surface area contributed by atoms with E-state index in [4.69, 9.17) is 21.1 Å². The Hall–Kier alpha value is -1.49. The predicted octanol–water partition coefficient (Wildman–Crippen LogP) is 4.75. The molecule has 1 aliphatic rings. The van der Waals surface area contributed by atoms with Crippen molar-refractivity contribution in [2.24, 2.45) is 11.8 Å². The first-order valence-corrected chi connectivity index (χ1v) is 8.59. The Bertz CT molecular complexity index is 588. The molecule has 2 atom stereocenters. The van der Waals surface area contributed by atoms with Crippen LogP contribution in [0.5, 0.6) is 5.75 Å². The zero-order valence-corrected chi connectivity index (χ0v) is 15.4. The molecule has 1 aromatic rings. The van der Waals surface area contributed by atoms with Gasteiger partial charge < -0.3 is 14.4 Å². The molecule has 2 unspecified atom stereocenters. The minimum atomic E-state index is -0.486. The Kier molecular flexibility index (Phi) is 5.97. The summed E-state index contributed by atoms with van der Waals surface area (Å²) in [6, 6.07) is 4.11. The summed E-state index contributed by atoms with van der Waals surface area (Å²) in [5.74, 6) is 0.696. The van der Waals surface area contributed by atoms with Crippen molar-refractivity contribution < 1.29 is 18.7 Å². The first-order chi connectivity index (χ1) is 11.2. The van der Waals surface area contributed by atoms with E-state index >= 15 is 0 Å². The van der Waals surface area contributed by atoms with Crippen molar-refractivity contribution >= 4 is 17.7 Å². The number of benzene rings is 1. The van der Waals surface area contributed by atoms with Crippen LogP contribution in [0.15, 0.2) is 18.2 Å². The van der Waals surface area contributed by atoms with Gasteiger partial charge in [-0.25, -0.2) is 9.18 Å². The maximum Gasteiger partial charge on any atom is 0.410 e. The maximum absolute atomic E-state index is 13.1. The number of rotatable bonds is 3. The Labute approximate surface area is 147 Å². The maximum atomic E-state index is 13.1. The summed E-state index contributed by atoms with van der Waals surface area (Å²) in [4.78, 5) is 13.9. The van der Waals surface area contributed by atoms with Crippen molar-refractivity contribution in [3.63, 3.8) is 0 Å². The van der Waals surface area contributed by atoms with Crippen LogP contribution in [0.1, 0.15) is 34.1 Å². The van der Waals surface area contributed by atoms with E-state index < -0.39 is 5.60 Å². The fourth-order valence-electron chi connectivity index (χ4n) is 2.72. The van der Waals surface area contributed by atoms with Crippen LogP contribution in [-0.2, 0) is 4.74 Å². The van der Waals surface area contributed by atoms with E-state index in [0.29, 0.717) is 31.4 Å². The highest BCUT2D eigenvalue weighted by molar-refractivity contribution is 6.32. The van der Waals surface area contributed by atoms with Gasteiger partial charge in [0.2, 0.25) is 0 Å². The predicted molar refractivity (Wildman–Crippen MR) is 92.0 cm³/mol. The number of hydrogen-bond acceptors (Lipinski definition) is 3. The zero-order valence-electron chi connectivity index (χ0n) is 14.6. The average molecular weight is 358 g/mol. The second-order valence-electron chi connectivity index (χ2n) is 7.34. The van der Waals surface area contributed by atoms with Gasteiger partial charge in [-0.1, -0.05) is 18.5 Å². The topological polar surface area (TPSA) is 38.8 Å². The number of ether oxygens (including phenoxy) is 2. The lowest BCUT2D eigenvalue weighted by Crippen LogP contribution is -2.46. The van der Waals surface area contributed by atoms with Gasteiger partial charge in [0.15, 0.2) is 0 Å². The van der Waals surface area contributed by atoms with Gasteiger partial charge in [0.1, 0.15) is 17.2 Å². The summed E-state index contributed by atoms with van der Waals surface area (Å²) in [5, 5.41) is 0.272. The van der Waals surface area contributed by atoms with Crippen molar-refractivity contribution in [2.45, 2.75) is 39.7 Å². The first kappa shape index (κ1) is 18.8. The average Bonchev–Trinajstić information content (AvgIpc) is 2.45. The molecule has 1 aliphatic heterocycles. The van der Waals surface area contributed by atoms with E-state index in [9.17, 15) is 9.18 Å². The van der Waals surface area contributed by atoms with Gasteiger partial charge in [-0.15, -0.1) is 0 Å². The molecule has 2 rings (SSSR count). The number of piperidine rings is 1. The van der Waals surface area contributed by atoms with E-state index in [1.54, 1.807) is 4.90 Å². The summed E-state index contributed by atoms with van der Waals surface area (Å²) in [6.45, 7) is 9.46. The SMILES string of the molecule is CC1CN(C(=O)OC(C)(C)C)CCC1COc1ccc(F)cc1Cl. The molecule has 1 fully saturated rings. The van der Waals surface area contributed by atoms with Crippen molar-refractivity contribution in [1.29, 1.82) is 0 Å². The number of nitrogens with zero attached hydrogens (tertiary/aromatic N) is 1. The second kappa shape index (κ2) is 7.60. The van der Waals surface area contributed by atoms with E-state index in [1.165, 1.54) is 18.2 Å². The third-order valence-corrected chi connectivity index (χ3v) is 4.38. The molecule has 134 valence electrons. The molecular formula is C18H25ClFNO3. The molecule has 1 aromatic carbocycles. The Balaban J connectivity index is 1.86. The summed E-state index contributed by atoms with van der Waals surface area (Å²) < 4.78 is 24.2. The molecule has 6 heteroatoms. The van der Waals surface area contributed by atoms with Gasteiger partial charge in [-0.05, 0) is 57.2 Å². The van der Waals surface area contributed by atoms with Gasteiger partial charge >= 0.3 is 6.09 Å². The minimum absolute atomic E-state index is 0.268. The van der Waals surface area contributed by atoms with Gasteiger partial charge in [0.05, 0.1) is 11.6 Å². The van der Waals surface area contributed by atoms with Gasteiger partial charge in [-0.3, -0.25) is 0 Å². The standard InChI is InChI=1S/C18H25ClFNO3/c1-12-10-21(17(22)24-18(2,3)4)8-7-13(12)11-23-16-6-5-14(20)9-15(16)19/h5-6,9,12-13H,7-8,10-11H2,1-4H3. The number of hydrogen-bond donors (Lipinski definition) is 0. The molecule has 0 radical (unpaired) electrons. The molecule has 0 aromatic heterocycles. The Morgan fingerprint density at radius 2 is 2.12 bits per heavy atom. The van der Waals surface area contributed by atoms with E-state index in [0.717, 1.165) is 6.42 Å². The normalized spacial score (nSPS) is 21.5. The molecule has 1 amide bonds. The fourth-order valence-corrected chi connectivity index (χ4v) is 2.94. The van der Waals surface area contributed by atoms with Crippen molar-refractivity contribution in [3.8, 4) is 5.75 Å². The third kappa shape index (κ3) is 5.26. The summed E-state index contributed by atoms with van der Waals surface area (Å²) in [7, 11) is 0. The zero-order chi connectivity index (χ0) is 17.9. The van der Waals surface area contributed by atoms with E-state index in [1.807, 2.05) is 20.8 Å². The fraction of sp³-hybridized carbons (Fsp3) is 0.611. The molecule has 1 saturated heterocycles. The van der Waals surface area contributed by atoms with Crippen LogP contribution >= 0.6 is 11.6 Å². The molecule has 0 spiro atoms. The molecule has 0 N–H and O–H groups in total. The second-order valence-corrected chi connectivity index (χ2v) is 7.75. The van der Waals surface area contributed by atoms with Crippen LogP contribution in [0.25, 0.3) is 0 Å². The lowest BCUT2D eigenvalue weighted by atomic mass is 9.88. The highest BCUT2D eigenvalue weighted by Gasteiger charge is 2.31. The number of amides is 1. The number of likely N-dealkylation sites (tertiary alicyclic amines) is 1. The minimum Gasteiger partial charge on any atom is -0.492 e. The molecule has 0 saturated carbocycles. The molecule has 0 bridgehead atoms. The quantitative estimate of drug-likeness (QED) is 0.783. The van der Waals surface area contributed by atoms with Crippen molar-refractivity contribution in [3.05, 3.63) is 29.0 Å². The van der Waals surface area contributed by atoms with Crippen LogP contribution in [-0.4, -0.2) is 36.3 Å². The lowest BCUT2D eigenvalue weighted by Gasteiger charge is -2.37. The smallest absolute Gasteiger partial charge is 0.410 e. The lowest BCUT2D eigenvalue weighted by molar-refractivity contribution is 0.00808. The Morgan fingerprint density at radius 1 is 1.42 bits per heavy atom. The highest BCUT2D eigenvalue weighted by atomic mass is 35.5. The van der Waals surface area contributed by atoms with Gasteiger partial charge in [0, 0.05) is 13.1 Å². The first-order valence-electron chi connectivity index (χ1n) is 8.21. The largest absolute Gasteiger partial charge is 0.492 e. The van der Waals surface area contributed by atoms with E-state index in [2.05, 4.69) is 6.92 Å². The highest BCUT2D eigenvalue weighted by Crippen LogP contribution is 2.29. The molecular weight excluding hydrogens is 333 g/mol. The molecule has 1 heterocycles. The van der Waals surface area contributed by atoms with Crippen LogP contribution < -0.4 is 4.74 Å². The van der Waals surface area contributed by atoms with Crippen LogP contribution in [0, 0.1) is 17.7 Å². The van der Waals surface area contributed by atoms with E-state index in [-0.39, 0.29) is 22.9 Å². The summed E-state index contributed by atoms with van der Waals surface area (Å²) in [6.07, 6.45) is 0.564. The van der Waals surface area contributed by atoms with Crippen molar-refractivity contribution in [2.75, 3.05) is 19.7 Å². The molecule has 4 nitrogen and oxygen atoms in total. The van der Waals surface area contributed by atoms with Crippen molar-refractivity contribution in [1.82, 2.24) is 4.90 Å². The molecule has 24 heavy (non-hydrogen) atoms. The third-order valence-electron chi connectivity index (χ3n) is 4.08. The number of carbonyl (C=O) groups is 1. The van der Waals surface area contributed by atoms with Crippen LogP contribution in [0.3, 0.4) is 0 Å². The number of halogens is 2. The summed E-state index contributed by atoms with van der Waals surface area (Å²) >= 11 is 5.98. The number of carbonyl (C=O) groups excluding carboxylic acids is 1. The van der Waals surface area contributed by atoms with Crippen LogP contribution in [0.2, 0.25) is 5.02 Å². The monoisotopic (exact) mass is 357 g/mol. The van der Waals surface area contributed by atoms with Crippen LogP contribution in [0.4, 0.5) is 9.18 Å². The molecule has 0 aliphatic carbocycles. The Morgan fingerprint density at radius 3 is 2.71 bits per heavy atom. The summed E-state index contributed by atoms with van der Waals surface area (Å²) in [5.41, 5.74) is -0.486. The van der Waals surface area contributed by atoms with Gasteiger partial charge in [0.25, 0.3) is 0 Å². The van der Waals surface area contributed by atoms with Gasteiger partial charge in [-0.2, -0.15) is 0 Å².